The van der Waals surface area contributed by atoms with Gasteiger partial charge in [0.2, 0.25) is 0 Å². The summed E-state index contributed by atoms with van der Waals surface area (Å²) in [5.41, 5.74) is 2.29. The van der Waals surface area contributed by atoms with Gasteiger partial charge in [-0.2, -0.15) is 0 Å². The largest absolute Gasteiger partial charge is 0.490 e. The molecule has 0 aromatic heterocycles. The monoisotopic (exact) mass is 460 g/mol. The van der Waals surface area contributed by atoms with Crippen molar-refractivity contribution in [3.63, 3.8) is 0 Å². The minimum Gasteiger partial charge on any atom is -0.490 e. The Morgan fingerprint density at radius 1 is 0.781 bits per heavy atom. The van der Waals surface area contributed by atoms with Crippen LogP contribution in [0.5, 0.6) is 11.5 Å². The quantitative estimate of drug-likeness (QED) is 0.266. The molecule has 5 heteroatoms. The van der Waals surface area contributed by atoms with Crippen LogP contribution in [0, 0.1) is 0 Å². The fraction of sp³-hybridized carbons (Fsp3) is 0.556. The molecular formula is C27H41ClN2O2. The van der Waals surface area contributed by atoms with Gasteiger partial charge in [-0.25, -0.2) is 0 Å². The minimum absolute atomic E-state index is 0.488. The van der Waals surface area contributed by atoms with Crippen molar-refractivity contribution in [3.05, 3.63) is 58.6 Å². The van der Waals surface area contributed by atoms with Crippen molar-refractivity contribution < 1.29 is 9.47 Å². The third-order valence-corrected chi connectivity index (χ3v) is 5.68. The summed E-state index contributed by atoms with van der Waals surface area (Å²) in [7, 11) is 0. The molecule has 0 spiro atoms. The fourth-order valence-corrected chi connectivity index (χ4v) is 3.68. The van der Waals surface area contributed by atoms with Gasteiger partial charge in [-0.3, -0.25) is 0 Å². The van der Waals surface area contributed by atoms with Crippen LogP contribution in [0.25, 0.3) is 0 Å². The van der Waals surface area contributed by atoms with E-state index in [-0.39, 0.29) is 0 Å². The molecule has 0 amide bonds. The number of halogens is 1. The Labute approximate surface area is 200 Å². The molecule has 0 atom stereocenters. The topological polar surface area (TPSA) is 33.7 Å². The molecule has 0 bridgehead atoms. The molecule has 1 N–H and O–H groups in total. The average Bonchev–Trinajstić information content (AvgIpc) is 2.80. The van der Waals surface area contributed by atoms with Crippen LogP contribution in [0.1, 0.15) is 64.0 Å². The van der Waals surface area contributed by atoms with Gasteiger partial charge in [0, 0.05) is 11.6 Å². The van der Waals surface area contributed by atoms with Gasteiger partial charge in [0.25, 0.3) is 0 Å². The van der Waals surface area contributed by atoms with Crippen LogP contribution >= 0.6 is 11.6 Å². The first kappa shape index (κ1) is 26.5. The molecule has 0 aliphatic heterocycles. The van der Waals surface area contributed by atoms with Gasteiger partial charge in [0.05, 0.1) is 6.61 Å². The zero-order valence-electron chi connectivity index (χ0n) is 20.2. The Kier molecular flexibility index (Phi) is 13.2. The third-order valence-electron chi connectivity index (χ3n) is 5.43. The number of hydrogen-bond donors (Lipinski definition) is 1. The van der Waals surface area contributed by atoms with E-state index in [0.29, 0.717) is 13.2 Å². The summed E-state index contributed by atoms with van der Waals surface area (Å²) in [5, 5.41) is 4.32. The Bertz CT molecular complexity index is 744. The van der Waals surface area contributed by atoms with Gasteiger partial charge in [0.1, 0.15) is 6.61 Å². The van der Waals surface area contributed by atoms with E-state index in [1.807, 2.05) is 37.3 Å². The van der Waals surface area contributed by atoms with E-state index in [0.717, 1.165) is 35.2 Å². The van der Waals surface area contributed by atoms with Crippen LogP contribution in [0.15, 0.2) is 42.5 Å². The maximum absolute atomic E-state index is 6.01. The zero-order valence-corrected chi connectivity index (χ0v) is 20.9. The second-order valence-corrected chi connectivity index (χ2v) is 8.64. The molecule has 0 heterocycles. The molecule has 0 saturated heterocycles. The van der Waals surface area contributed by atoms with Gasteiger partial charge in [-0.1, -0.05) is 56.5 Å². The van der Waals surface area contributed by atoms with Gasteiger partial charge in [0.15, 0.2) is 11.5 Å². The highest BCUT2D eigenvalue weighted by atomic mass is 35.5. The van der Waals surface area contributed by atoms with Crippen LogP contribution in [-0.4, -0.2) is 37.7 Å². The van der Waals surface area contributed by atoms with E-state index in [1.165, 1.54) is 57.3 Å². The van der Waals surface area contributed by atoms with Crippen molar-refractivity contribution in [1.29, 1.82) is 0 Å². The molecule has 4 nitrogen and oxygen atoms in total. The molecule has 0 fully saturated rings. The molecule has 32 heavy (non-hydrogen) atoms. The summed E-state index contributed by atoms with van der Waals surface area (Å²) in [4.78, 5) is 2.62. The highest BCUT2D eigenvalue weighted by molar-refractivity contribution is 6.30. The average molecular weight is 461 g/mol. The van der Waals surface area contributed by atoms with E-state index in [2.05, 4.69) is 36.2 Å². The second kappa shape index (κ2) is 16.0. The highest BCUT2D eigenvalue weighted by Crippen LogP contribution is 2.29. The molecule has 0 aliphatic carbocycles. The lowest BCUT2D eigenvalue weighted by molar-refractivity contribution is 0.261. The normalized spacial score (nSPS) is 11.2. The number of hydrogen-bond acceptors (Lipinski definition) is 4. The van der Waals surface area contributed by atoms with Crippen LogP contribution in [0.2, 0.25) is 5.02 Å². The van der Waals surface area contributed by atoms with E-state index in [9.17, 15) is 0 Å². The van der Waals surface area contributed by atoms with Crippen LogP contribution in [0.4, 0.5) is 0 Å². The lowest BCUT2D eigenvalue weighted by Gasteiger charge is -2.22. The number of nitrogens with one attached hydrogen (secondary N) is 1. The Balaban J connectivity index is 1.80. The summed E-state index contributed by atoms with van der Waals surface area (Å²) in [5.74, 6) is 1.57. The van der Waals surface area contributed by atoms with Gasteiger partial charge < -0.3 is 19.7 Å². The molecule has 2 rings (SSSR count). The smallest absolute Gasteiger partial charge is 0.161 e. The fourth-order valence-electron chi connectivity index (χ4n) is 3.55. The van der Waals surface area contributed by atoms with Crippen molar-refractivity contribution in [2.45, 2.75) is 66.0 Å². The first-order valence-corrected chi connectivity index (χ1v) is 12.6. The van der Waals surface area contributed by atoms with E-state index >= 15 is 0 Å². The van der Waals surface area contributed by atoms with Gasteiger partial charge in [-0.15, -0.1) is 0 Å². The SMILES string of the molecule is CCCCN(CCCC)CCCNCc1ccc(OCc2ccc(Cl)cc2)c(OCC)c1. The molecular weight excluding hydrogens is 420 g/mol. The summed E-state index contributed by atoms with van der Waals surface area (Å²) in [6, 6.07) is 13.9. The van der Waals surface area contributed by atoms with Gasteiger partial charge >= 0.3 is 0 Å². The van der Waals surface area contributed by atoms with Crippen molar-refractivity contribution in [2.75, 3.05) is 32.8 Å². The maximum atomic E-state index is 6.01. The van der Waals surface area contributed by atoms with Crippen molar-refractivity contribution in [2.24, 2.45) is 0 Å². The summed E-state index contributed by atoms with van der Waals surface area (Å²) in [6.45, 7) is 13.1. The number of ether oxygens (including phenoxy) is 2. The first-order valence-electron chi connectivity index (χ1n) is 12.2. The molecule has 0 saturated carbocycles. The standard InChI is InChI=1S/C27H41ClN2O2/c1-4-7-17-30(18-8-5-2)19-9-16-29-21-24-12-15-26(27(20-24)31-6-3)32-22-23-10-13-25(28)14-11-23/h10-15,20,29H,4-9,16-19,21-22H2,1-3H3. The number of benzene rings is 2. The molecule has 0 aliphatic rings. The van der Waals surface area contributed by atoms with Gasteiger partial charge in [-0.05, 0) is 87.8 Å². The number of unbranched alkanes of at least 4 members (excludes halogenated alkanes) is 2. The summed E-state index contributed by atoms with van der Waals surface area (Å²) >= 11 is 5.96. The third kappa shape index (κ3) is 10.2. The van der Waals surface area contributed by atoms with Crippen LogP contribution in [0.3, 0.4) is 0 Å². The summed E-state index contributed by atoms with van der Waals surface area (Å²) in [6.07, 6.45) is 6.30. The Morgan fingerprint density at radius 3 is 2.09 bits per heavy atom. The molecule has 2 aromatic carbocycles. The maximum Gasteiger partial charge on any atom is 0.161 e. The Hall–Kier alpha value is -1.75. The molecule has 2 aromatic rings. The first-order chi connectivity index (χ1) is 15.7. The van der Waals surface area contributed by atoms with E-state index in [1.54, 1.807) is 0 Å². The minimum atomic E-state index is 0.488. The molecule has 0 unspecified atom stereocenters. The van der Waals surface area contributed by atoms with Crippen LogP contribution < -0.4 is 14.8 Å². The van der Waals surface area contributed by atoms with Crippen molar-refractivity contribution >= 4 is 11.6 Å². The predicted octanol–water partition coefficient (Wildman–Crippen LogP) is 6.70. The summed E-state index contributed by atoms with van der Waals surface area (Å²) < 4.78 is 11.8. The van der Waals surface area contributed by atoms with Crippen LogP contribution in [-0.2, 0) is 13.2 Å². The Morgan fingerprint density at radius 2 is 1.44 bits per heavy atom. The highest BCUT2D eigenvalue weighted by Gasteiger charge is 2.08. The predicted molar refractivity (Wildman–Crippen MR) is 136 cm³/mol. The van der Waals surface area contributed by atoms with Crippen molar-refractivity contribution in [1.82, 2.24) is 10.2 Å². The molecule has 0 radical (unpaired) electrons. The second-order valence-electron chi connectivity index (χ2n) is 8.21. The lowest BCUT2D eigenvalue weighted by Crippen LogP contribution is -2.29. The zero-order chi connectivity index (χ0) is 23.0. The lowest BCUT2D eigenvalue weighted by atomic mass is 10.2. The molecule has 178 valence electrons. The van der Waals surface area contributed by atoms with E-state index < -0.39 is 0 Å². The number of nitrogens with zero attached hydrogens (tertiary/aromatic N) is 1. The van der Waals surface area contributed by atoms with Crippen molar-refractivity contribution in [3.8, 4) is 11.5 Å². The van der Waals surface area contributed by atoms with E-state index in [4.69, 9.17) is 21.1 Å². The number of rotatable bonds is 17.